The van der Waals surface area contributed by atoms with Crippen LogP contribution in [-0.2, 0) is 9.53 Å². The molecule has 86 valence electrons. The number of pyridine rings is 1. The fourth-order valence-electron chi connectivity index (χ4n) is 1.08. The average molecular weight is 224 g/mol. The van der Waals surface area contributed by atoms with Crippen LogP contribution in [0.3, 0.4) is 0 Å². The molecule has 1 heterocycles. The summed E-state index contributed by atoms with van der Waals surface area (Å²) >= 11 is 0. The molecule has 0 fully saturated rings. The SMILES string of the molecule is COCC(NC(=O)c1cccnc1)C(=O)O. The van der Waals surface area contributed by atoms with Crippen LogP contribution in [0.2, 0.25) is 0 Å². The summed E-state index contributed by atoms with van der Waals surface area (Å²) in [6.07, 6.45) is 2.89. The van der Waals surface area contributed by atoms with E-state index < -0.39 is 17.9 Å². The van der Waals surface area contributed by atoms with Crippen LogP contribution in [0.4, 0.5) is 0 Å². The number of methoxy groups -OCH3 is 1. The quantitative estimate of drug-likeness (QED) is 0.729. The second-order valence-electron chi connectivity index (χ2n) is 3.06. The van der Waals surface area contributed by atoms with Crippen molar-refractivity contribution in [1.29, 1.82) is 0 Å². The fraction of sp³-hybridized carbons (Fsp3) is 0.300. The van der Waals surface area contributed by atoms with Gasteiger partial charge in [0.25, 0.3) is 5.91 Å². The smallest absolute Gasteiger partial charge is 0.328 e. The van der Waals surface area contributed by atoms with E-state index in [0.29, 0.717) is 5.56 Å². The number of amides is 1. The number of carbonyl (C=O) groups is 2. The second-order valence-corrected chi connectivity index (χ2v) is 3.06. The number of ether oxygens (including phenoxy) is 1. The van der Waals surface area contributed by atoms with Crippen molar-refractivity contribution in [3.63, 3.8) is 0 Å². The Balaban J connectivity index is 2.65. The van der Waals surface area contributed by atoms with E-state index in [1.165, 1.54) is 19.5 Å². The number of aliphatic carboxylic acids is 1. The Bertz CT molecular complexity index is 366. The molecule has 6 nitrogen and oxygen atoms in total. The number of nitrogens with one attached hydrogen (secondary N) is 1. The third-order valence-corrected chi connectivity index (χ3v) is 1.86. The van der Waals surface area contributed by atoms with Crippen molar-refractivity contribution in [2.45, 2.75) is 6.04 Å². The number of rotatable bonds is 5. The topological polar surface area (TPSA) is 88.5 Å². The van der Waals surface area contributed by atoms with E-state index in [-0.39, 0.29) is 6.61 Å². The standard InChI is InChI=1S/C10H12N2O4/c1-16-6-8(10(14)15)12-9(13)7-3-2-4-11-5-7/h2-5,8H,6H2,1H3,(H,12,13)(H,14,15). The number of hydrogen-bond donors (Lipinski definition) is 2. The molecule has 1 unspecified atom stereocenters. The van der Waals surface area contributed by atoms with Crippen molar-refractivity contribution in [3.05, 3.63) is 30.1 Å². The summed E-state index contributed by atoms with van der Waals surface area (Å²) in [7, 11) is 1.37. The molecule has 1 atom stereocenters. The number of nitrogens with zero attached hydrogens (tertiary/aromatic N) is 1. The van der Waals surface area contributed by atoms with E-state index >= 15 is 0 Å². The van der Waals surface area contributed by atoms with Gasteiger partial charge in [-0.15, -0.1) is 0 Å². The molecule has 16 heavy (non-hydrogen) atoms. The molecule has 0 bridgehead atoms. The molecule has 0 saturated carbocycles. The van der Waals surface area contributed by atoms with Gasteiger partial charge in [-0.1, -0.05) is 0 Å². The lowest BCUT2D eigenvalue weighted by Crippen LogP contribution is -2.43. The molecule has 6 heteroatoms. The highest BCUT2D eigenvalue weighted by molar-refractivity contribution is 5.96. The van der Waals surface area contributed by atoms with Crippen molar-refractivity contribution < 1.29 is 19.4 Å². The van der Waals surface area contributed by atoms with Crippen LogP contribution >= 0.6 is 0 Å². The maximum Gasteiger partial charge on any atom is 0.328 e. The van der Waals surface area contributed by atoms with Gasteiger partial charge >= 0.3 is 5.97 Å². The predicted molar refractivity (Wildman–Crippen MR) is 55.0 cm³/mol. The third-order valence-electron chi connectivity index (χ3n) is 1.86. The van der Waals surface area contributed by atoms with E-state index in [0.717, 1.165) is 0 Å². The first-order valence-electron chi connectivity index (χ1n) is 4.57. The largest absolute Gasteiger partial charge is 0.480 e. The van der Waals surface area contributed by atoms with E-state index in [9.17, 15) is 9.59 Å². The highest BCUT2D eigenvalue weighted by atomic mass is 16.5. The molecule has 0 saturated heterocycles. The summed E-state index contributed by atoms with van der Waals surface area (Å²) in [5, 5.41) is 11.1. The molecule has 1 amide bonds. The maximum atomic E-state index is 11.6. The Morgan fingerprint density at radius 2 is 2.38 bits per heavy atom. The van der Waals surface area contributed by atoms with E-state index in [1.807, 2.05) is 0 Å². The van der Waals surface area contributed by atoms with Crippen LogP contribution in [0.5, 0.6) is 0 Å². The van der Waals surface area contributed by atoms with Gasteiger partial charge in [0, 0.05) is 19.5 Å². The van der Waals surface area contributed by atoms with Crippen molar-refractivity contribution in [2.24, 2.45) is 0 Å². The number of hydrogen-bond acceptors (Lipinski definition) is 4. The molecule has 0 aliphatic carbocycles. The minimum absolute atomic E-state index is 0.0820. The summed E-state index contributed by atoms with van der Waals surface area (Å²) in [6, 6.07) is 2.09. The molecule has 0 aliphatic rings. The minimum atomic E-state index is -1.14. The molecule has 0 aliphatic heterocycles. The normalized spacial score (nSPS) is 11.8. The molecule has 0 spiro atoms. The molecule has 0 radical (unpaired) electrons. The van der Waals surface area contributed by atoms with Crippen molar-refractivity contribution >= 4 is 11.9 Å². The molecule has 0 aromatic carbocycles. The first-order valence-corrected chi connectivity index (χ1v) is 4.57. The molecule has 1 rings (SSSR count). The molecular weight excluding hydrogens is 212 g/mol. The van der Waals surface area contributed by atoms with E-state index in [1.54, 1.807) is 12.1 Å². The van der Waals surface area contributed by atoms with Crippen molar-refractivity contribution in [1.82, 2.24) is 10.3 Å². The highest BCUT2D eigenvalue weighted by Gasteiger charge is 2.20. The zero-order valence-electron chi connectivity index (χ0n) is 8.71. The van der Waals surface area contributed by atoms with Crippen LogP contribution in [0.25, 0.3) is 0 Å². The zero-order chi connectivity index (χ0) is 12.0. The first kappa shape index (κ1) is 12.1. The Labute approximate surface area is 92.3 Å². The minimum Gasteiger partial charge on any atom is -0.480 e. The van der Waals surface area contributed by atoms with Gasteiger partial charge in [-0.05, 0) is 12.1 Å². The van der Waals surface area contributed by atoms with Gasteiger partial charge in [-0.2, -0.15) is 0 Å². The summed E-state index contributed by atoms with van der Waals surface area (Å²) in [4.78, 5) is 26.1. The predicted octanol–water partition coefficient (Wildman–Crippen LogP) is -0.0890. The molecule has 2 N–H and O–H groups in total. The Hall–Kier alpha value is -1.95. The van der Waals surface area contributed by atoms with E-state index in [2.05, 4.69) is 10.3 Å². The highest BCUT2D eigenvalue weighted by Crippen LogP contribution is 1.97. The average Bonchev–Trinajstić information content (AvgIpc) is 2.29. The number of carboxylic acids is 1. The lowest BCUT2D eigenvalue weighted by molar-refractivity contribution is -0.140. The van der Waals surface area contributed by atoms with Gasteiger partial charge in [-0.25, -0.2) is 4.79 Å². The molecular formula is C10H12N2O4. The second kappa shape index (κ2) is 5.82. The van der Waals surface area contributed by atoms with Crippen LogP contribution in [0.1, 0.15) is 10.4 Å². The number of carboxylic acid groups (broad SMARTS) is 1. The van der Waals surface area contributed by atoms with Gasteiger partial charge in [0.05, 0.1) is 12.2 Å². The Morgan fingerprint density at radius 3 is 2.88 bits per heavy atom. The number of aromatic nitrogens is 1. The van der Waals surface area contributed by atoms with Crippen molar-refractivity contribution in [3.8, 4) is 0 Å². The van der Waals surface area contributed by atoms with Gasteiger partial charge in [0.2, 0.25) is 0 Å². The lowest BCUT2D eigenvalue weighted by atomic mass is 10.2. The van der Waals surface area contributed by atoms with E-state index in [4.69, 9.17) is 9.84 Å². The van der Waals surface area contributed by atoms with Gasteiger partial charge in [0.15, 0.2) is 6.04 Å². The van der Waals surface area contributed by atoms with Crippen LogP contribution in [0, 0.1) is 0 Å². The number of carbonyl (C=O) groups excluding carboxylic acids is 1. The fourth-order valence-corrected chi connectivity index (χ4v) is 1.08. The summed E-state index contributed by atoms with van der Waals surface area (Å²) in [5.74, 6) is -1.63. The van der Waals surface area contributed by atoms with Gasteiger partial charge in [0.1, 0.15) is 0 Å². The van der Waals surface area contributed by atoms with Gasteiger partial charge in [-0.3, -0.25) is 9.78 Å². The van der Waals surface area contributed by atoms with Crippen LogP contribution in [-0.4, -0.2) is 41.7 Å². The zero-order valence-corrected chi connectivity index (χ0v) is 8.71. The summed E-state index contributed by atoms with van der Waals surface area (Å²) in [5.41, 5.74) is 0.310. The monoisotopic (exact) mass is 224 g/mol. The third kappa shape index (κ3) is 3.32. The first-order chi connectivity index (χ1) is 7.65. The maximum absolute atomic E-state index is 11.6. The summed E-state index contributed by atoms with van der Waals surface area (Å²) in [6.45, 7) is -0.0820. The van der Waals surface area contributed by atoms with Crippen LogP contribution in [0.15, 0.2) is 24.5 Å². The lowest BCUT2D eigenvalue weighted by Gasteiger charge is -2.12. The Kier molecular flexibility index (Phi) is 4.41. The van der Waals surface area contributed by atoms with Crippen LogP contribution < -0.4 is 5.32 Å². The van der Waals surface area contributed by atoms with Crippen molar-refractivity contribution in [2.75, 3.05) is 13.7 Å². The Morgan fingerprint density at radius 1 is 1.62 bits per heavy atom. The molecule has 1 aromatic heterocycles. The molecule has 1 aromatic rings. The van der Waals surface area contributed by atoms with Gasteiger partial charge < -0.3 is 15.2 Å². The summed E-state index contributed by atoms with van der Waals surface area (Å²) < 4.78 is 4.69.